The van der Waals surface area contributed by atoms with E-state index in [1.807, 2.05) is 6.92 Å². The Labute approximate surface area is 200 Å². The number of rotatable bonds is 8. The number of nitrogens with zero attached hydrogens (tertiary/aromatic N) is 2. The third kappa shape index (κ3) is 4.31. The van der Waals surface area contributed by atoms with Gasteiger partial charge in [0, 0.05) is 11.6 Å². The van der Waals surface area contributed by atoms with Crippen LogP contribution in [-0.4, -0.2) is 31.4 Å². The van der Waals surface area contributed by atoms with Gasteiger partial charge in [0.2, 0.25) is 0 Å². The molecule has 2 aromatic heterocycles. The fourth-order valence-electron chi connectivity index (χ4n) is 3.97. The number of hydrogen-bond donors (Lipinski definition) is 0. The standard InChI is InChI=1S/C25H26N2O6S/c1-5-8-18-21(24(29)32-6-2)22(17-13-15(30-3)10-11-19(17)31-4)27-23(28)20(34-25(27)26-18)14-16-9-7-12-33-16/h7,9-14,22H,5-6,8H2,1-4H3/b20-14-/t22-/m0/s1. The molecule has 0 unspecified atom stereocenters. The molecule has 0 aliphatic carbocycles. The number of thiazole rings is 1. The molecule has 0 saturated heterocycles. The molecule has 1 atom stereocenters. The van der Waals surface area contributed by atoms with Gasteiger partial charge >= 0.3 is 5.97 Å². The van der Waals surface area contributed by atoms with Crippen molar-refractivity contribution in [3.05, 3.63) is 78.9 Å². The summed E-state index contributed by atoms with van der Waals surface area (Å²) in [5.41, 5.74) is 1.25. The highest BCUT2D eigenvalue weighted by Crippen LogP contribution is 2.38. The largest absolute Gasteiger partial charge is 0.497 e. The highest BCUT2D eigenvalue weighted by atomic mass is 32.1. The minimum absolute atomic E-state index is 0.201. The van der Waals surface area contributed by atoms with Gasteiger partial charge in [-0.3, -0.25) is 9.36 Å². The third-order valence-electron chi connectivity index (χ3n) is 5.44. The first-order chi connectivity index (χ1) is 16.5. The second-order valence-electron chi connectivity index (χ2n) is 7.54. The van der Waals surface area contributed by atoms with Crippen LogP contribution in [0.3, 0.4) is 0 Å². The predicted molar refractivity (Wildman–Crippen MR) is 128 cm³/mol. The van der Waals surface area contributed by atoms with Gasteiger partial charge in [-0.05, 0) is 43.7 Å². The zero-order chi connectivity index (χ0) is 24.2. The van der Waals surface area contributed by atoms with Crippen LogP contribution >= 0.6 is 11.3 Å². The lowest BCUT2D eigenvalue weighted by Crippen LogP contribution is -2.40. The smallest absolute Gasteiger partial charge is 0.338 e. The van der Waals surface area contributed by atoms with Crippen molar-refractivity contribution in [1.82, 2.24) is 4.57 Å². The molecule has 34 heavy (non-hydrogen) atoms. The summed E-state index contributed by atoms with van der Waals surface area (Å²) in [6, 6.07) is 8.04. The predicted octanol–water partition coefficient (Wildman–Crippen LogP) is 3.19. The first-order valence-electron chi connectivity index (χ1n) is 11.0. The molecule has 8 nitrogen and oxygen atoms in total. The molecule has 0 N–H and O–H groups in total. The van der Waals surface area contributed by atoms with Gasteiger partial charge in [0.15, 0.2) is 4.80 Å². The molecule has 9 heteroatoms. The average molecular weight is 483 g/mol. The first kappa shape index (κ1) is 23.6. The number of allylic oxidation sites excluding steroid dienone is 1. The monoisotopic (exact) mass is 482 g/mol. The zero-order valence-corrected chi connectivity index (χ0v) is 20.3. The lowest BCUT2D eigenvalue weighted by atomic mass is 9.93. The highest BCUT2D eigenvalue weighted by Gasteiger charge is 2.36. The Bertz CT molecular complexity index is 1400. The number of aromatic nitrogens is 1. The second-order valence-corrected chi connectivity index (χ2v) is 8.55. The molecule has 1 aliphatic heterocycles. The van der Waals surface area contributed by atoms with E-state index in [9.17, 15) is 9.59 Å². The van der Waals surface area contributed by atoms with Crippen molar-refractivity contribution in [2.75, 3.05) is 20.8 Å². The van der Waals surface area contributed by atoms with Crippen LogP contribution in [0.5, 0.6) is 11.5 Å². The Balaban J connectivity index is 2.07. The van der Waals surface area contributed by atoms with Crippen LogP contribution in [-0.2, 0) is 9.53 Å². The average Bonchev–Trinajstić information content (AvgIpc) is 3.46. The van der Waals surface area contributed by atoms with Gasteiger partial charge in [-0.15, -0.1) is 0 Å². The minimum Gasteiger partial charge on any atom is -0.497 e. The van der Waals surface area contributed by atoms with E-state index in [1.54, 1.807) is 63.8 Å². The van der Waals surface area contributed by atoms with Gasteiger partial charge in [0.05, 0.1) is 42.9 Å². The van der Waals surface area contributed by atoms with Gasteiger partial charge in [-0.25, -0.2) is 9.79 Å². The first-order valence-corrected chi connectivity index (χ1v) is 11.8. The maximum atomic E-state index is 13.7. The number of carbonyl (C=O) groups is 1. The summed E-state index contributed by atoms with van der Waals surface area (Å²) in [6.45, 7) is 3.96. The van der Waals surface area contributed by atoms with Gasteiger partial charge in [0.25, 0.3) is 5.56 Å². The van der Waals surface area contributed by atoms with Crippen LogP contribution < -0.4 is 24.4 Å². The van der Waals surface area contributed by atoms with Crippen molar-refractivity contribution in [2.24, 2.45) is 4.99 Å². The maximum absolute atomic E-state index is 13.7. The van der Waals surface area contributed by atoms with Crippen molar-refractivity contribution < 1.29 is 23.4 Å². The molecule has 0 fully saturated rings. The number of carbonyl (C=O) groups excluding carboxylic acids is 1. The molecular formula is C25H26N2O6S. The summed E-state index contributed by atoms with van der Waals surface area (Å²) in [6.07, 6.45) is 4.55. The summed E-state index contributed by atoms with van der Waals surface area (Å²) in [4.78, 5) is 32.2. The minimum atomic E-state index is -0.791. The molecule has 0 radical (unpaired) electrons. The van der Waals surface area contributed by atoms with Crippen molar-refractivity contribution in [1.29, 1.82) is 0 Å². The maximum Gasteiger partial charge on any atom is 0.338 e. The summed E-state index contributed by atoms with van der Waals surface area (Å²) in [5, 5.41) is 0. The van der Waals surface area contributed by atoms with E-state index >= 15 is 0 Å². The molecule has 3 aromatic rings. The quantitative estimate of drug-likeness (QED) is 0.458. The van der Waals surface area contributed by atoms with E-state index in [0.29, 0.717) is 49.8 Å². The van der Waals surface area contributed by atoms with Gasteiger partial charge < -0.3 is 18.6 Å². The Morgan fingerprint density at radius 1 is 1.24 bits per heavy atom. The summed E-state index contributed by atoms with van der Waals surface area (Å²) in [5.74, 6) is 1.14. The van der Waals surface area contributed by atoms with Crippen LogP contribution in [0.15, 0.2) is 62.1 Å². The van der Waals surface area contributed by atoms with E-state index in [0.717, 1.165) is 6.42 Å². The van der Waals surface area contributed by atoms with Gasteiger partial charge in [-0.1, -0.05) is 24.7 Å². The third-order valence-corrected chi connectivity index (χ3v) is 6.42. The van der Waals surface area contributed by atoms with Crippen LogP contribution in [0.4, 0.5) is 0 Å². The lowest BCUT2D eigenvalue weighted by Gasteiger charge is -2.27. The number of furan rings is 1. The number of benzene rings is 1. The molecule has 1 aliphatic rings. The summed E-state index contributed by atoms with van der Waals surface area (Å²) < 4.78 is 23.9. The molecule has 0 amide bonds. The molecular weight excluding hydrogens is 456 g/mol. The molecule has 178 valence electrons. The van der Waals surface area contributed by atoms with Crippen LogP contribution in [0.1, 0.15) is 44.1 Å². The van der Waals surface area contributed by atoms with Crippen LogP contribution in [0, 0.1) is 0 Å². The number of esters is 1. The fourth-order valence-corrected chi connectivity index (χ4v) is 4.97. The molecule has 0 spiro atoms. The normalized spacial score (nSPS) is 15.6. The SMILES string of the molecule is CCCC1=C(C(=O)OCC)[C@H](c2cc(OC)ccc2OC)n2c(s/c(=C\c3ccco3)c2=O)=N1. The molecule has 0 saturated carbocycles. The van der Waals surface area contributed by atoms with E-state index in [2.05, 4.69) is 0 Å². The van der Waals surface area contributed by atoms with Crippen molar-refractivity contribution in [3.8, 4) is 11.5 Å². The van der Waals surface area contributed by atoms with Crippen molar-refractivity contribution >= 4 is 23.4 Å². The van der Waals surface area contributed by atoms with E-state index in [4.69, 9.17) is 23.6 Å². The molecule has 0 bridgehead atoms. The highest BCUT2D eigenvalue weighted by molar-refractivity contribution is 7.07. The van der Waals surface area contributed by atoms with Gasteiger partial charge in [0.1, 0.15) is 23.3 Å². The number of hydrogen-bond acceptors (Lipinski definition) is 8. The Kier molecular flexibility index (Phi) is 7.02. The molecule has 3 heterocycles. The zero-order valence-electron chi connectivity index (χ0n) is 19.5. The Morgan fingerprint density at radius 2 is 2.06 bits per heavy atom. The van der Waals surface area contributed by atoms with Crippen molar-refractivity contribution in [3.63, 3.8) is 0 Å². The van der Waals surface area contributed by atoms with E-state index < -0.39 is 12.0 Å². The fraction of sp³-hybridized carbons (Fsp3) is 0.320. The lowest BCUT2D eigenvalue weighted by molar-refractivity contribution is -0.139. The summed E-state index contributed by atoms with van der Waals surface area (Å²) >= 11 is 1.25. The van der Waals surface area contributed by atoms with Crippen LogP contribution in [0.25, 0.3) is 6.08 Å². The number of fused-ring (bicyclic) bond motifs is 1. The van der Waals surface area contributed by atoms with E-state index in [1.165, 1.54) is 15.9 Å². The van der Waals surface area contributed by atoms with Crippen molar-refractivity contribution in [2.45, 2.75) is 32.7 Å². The summed E-state index contributed by atoms with van der Waals surface area (Å²) in [7, 11) is 3.11. The topological polar surface area (TPSA) is 92.3 Å². The number of methoxy groups -OCH3 is 2. The molecule has 4 rings (SSSR count). The second kappa shape index (κ2) is 10.1. The van der Waals surface area contributed by atoms with Gasteiger partial charge in [-0.2, -0.15) is 0 Å². The Morgan fingerprint density at radius 3 is 2.71 bits per heavy atom. The molecule has 1 aromatic carbocycles. The Hall–Kier alpha value is -3.59. The van der Waals surface area contributed by atoms with E-state index in [-0.39, 0.29) is 12.2 Å². The number of ether oxygens (including phenoxy) is 3. The van der Waals surface area contributed by atoms with Crippen LogP contribution in [0.2, 0.25) is 0 Å².